The number of piperidine rings is 1. The summed E-state index contributed by atoms with van der Waals surface area (Å²) in [6.07, 6.45) is 1.46. The number of halogens is 2. The minimum absolute atomic E-state index is 0.351. The lowest BCUT2D eigenvalue weighted by Gasteiger charge is -2.34. The van der Waals surface area contributed by atoms with Gasteiger partial charge in [-0.3, -0.25) is 0 Å². The Labute approximate surface area is 96.6 Å². The van der Waals surface area contributed by atoms with Gasteiger partial charge in [-0.2, -0.15) is 0 Å². The van der Waals surface area contributed by atoms with Crippen LogP contribution in [-0.2, 0) is 5.60 Å². The highest BCUT2D eigenvalue weighted by molar-refractivity contribution is 9.10. The van der Waals surface area contributed by atoms with Crippen LogP contribution in [0.4, 0.5) is 4.39 Å². The van der Waals surface area contributed by atoms with Gasteiger partial charge in [0.25, 0.3) is 0 Å². The van der Waals surface area contributed by atoms with Crippen LogP contribution in [0.1, 0.15) is 18.4 Å². The molecule has 0 aromatic heterocycles. The normalized spacial score (nSPS) is 26.6. The van der Waals surface area contributed by atoms with Gasteiger partial charge in [0.15, 0.2) is 0 Å². The zero-order valence-corrected chi connectivity index (χ0v) is 9.85. The van der Waals surface area contributed by atoms with Crippen molar-refractivity contribution in [2.45, 2.75) is 18.4 Å². The summed E-state index contributed by atoms with van der Waals surface area (Å²) in [7, 11) is 0. The van der Waals surface area contributed by atoms with E-state index in [9.17, 15) is 9.50 Å². The molecule has 1 heterocycles. The van der Waals surface area contributed by atoms with Crippen molar-refractivity contribution in [3.05, 3.63) is 34.1 Å². The Hall–Kier alpha value is -0.450. The van der Waals surface area contributed by atoms with Crippen LogP contribution in [-0.4, -0.2) is 18.2 Å². The number of hydrogen-bond acceptors (Lipinski definition) is 2. The molecule has 0 radical (unpaired) electrons. The van der Waals surface area contributed by atoms with Gasteiger partial charge in [0, 0.05) is 16.6 Å². The third-order valence-electron chi connectivity index (χ3n) is 2.79. The number of β-amino-alcohol motifs (C(OH)–C–C–N with tert-alkyl or cyclic N) is 1. The standard InChI is InChI=1S/C11H13BrFNO/c12-8-3-1-4-9(13)10(8)11(15)5-2-6-14-7-11/h1,3-4,14-15H,2,5-7H2. The van der Waals surface area contributed by atoms with Gasteiger partial charge in [-0.1, -0.05) is 22.0 Å². The summed E-state index contributed by atoms with van der Waals surface area (Å²) in [5, 5.41) is 13.5. The molecule has 1 fully saturated rings. The molecule has 1 aliphatic heterocycles. The van der Waals surface area contributed by atoms with E-state index in [4.69, 9.17) is 0 Å². The molecule has 0 spiro atoms. The molecule has 1 saturated heterocycles. The molecule has 1 aromatic carbocycles. The fraction of sp³-hybridized carbons (Fsp3) is 0.455. The highest BCUT2D eigenvalue weighted by Crippen LogP contribution is 2.35. The van der Waals surface area contributed by atoms with Crippen LogP contribution in [0.25, 0.3) is 0 Å². The second kappa shape index (κ2) is 4.20. The lowest BCUT2D eigenvalue weighted by Crippen LogP contribution is -2.44. The second-order valence-electron chi connectivity index (χ2n) is 3.91. The van der Waals surface area contributed by atoms with Gasteiger partial charge in [-0.15, -0.1) is 0 Å². The maximum atomic E-state index is 13.7. The smallest absolute Gasteiger partial charge is 0.130 e. The van der Waals surface area contributed by atoms with Crippen LogP contribution in [0.3, 0.4) is 0 Å². The SMILES string of the molecule is OC1(c2c(F)cccc2Br)CCCNC1. The summed E-state index contributed by atoms with van der Waals surface area (Å²) in [5.41, 5.74) is -0.709. The molecule has 82 valence electrons. The van der Waals surface area contributed by atoms with E-state index >= 15 is 0 Å². The summed E-state index contributed by atoms with van der Waals surface area (Å²) in [6, 6.07) is 4.76. The third-order valence-corrected chi connectivity index (χ3v) is 3.45. The first-order valence-corrected chi connectivity index (χ1v) is 5.80. The van der Waals surface area contributed by atoms with E-state index in [1.807, 2.05) is 0 Å². The minimum Gasteiger partial charge on any atom is -0.384 e. The van der Waals surface area contributed by atoms with Gasteiger partial charge in [0.1, 0.15) is 11.4 Å². The monoisotopic (exact) mass is 273 g/mol. The van der Waals surface area contributed by atoms with Crippen LogP contribution in [0.15, 0.2) is 22.7 Å². The summed E-state index contributed by atoms with van der Waals surface area (Å²) < 4.78 is 14.3. The van der Waals surface area contributed by atoms with Crippen LogP contribution in [0, 0.1) is 5.82 Å². The molecular formula is C11H13BrFNO. The maximum absolute atomic E-state index is 13.7. The van der Waals surface area contributed by atoms with Crippen molar-refractivity contribution in [1.29, 1.82) is 0 Å². The largest absolute Gasteiger partial charge is 0.384 e. The Morgan fingerprint density at radius 3 is 2.87 bits per heavy atom. The van der Waals surface area contributed by atoms with Crippen LogP contribution < -0.4 is 5.32 Å². The minimum atomic E-state index is -1.08. The number of benzene rings is 1. The zero-order chi connectivity index (χ0) is 10.9. The van der Waals surface area contributed by atoms with E-state index in [2.05, 4.69) is 21.2 Å². The number of nitrogens with one attached hydrogen (secondary N) is 1. The van der Waals surface area contributed by atoms with Crippen LogP contribution in [0.2, 0.25) is 0 Å². The first-order valence-electron chi connectivity index (χ1n) is 5.01. The Morgan fingerprint density at radius 1 is 1.47 bits per heavy atom. The maximum Gasteiger partial charge on any atom is 0.130 e. The summed E-state index contributed by atoms with van der Waals surface area (Å²) in [6.45, 7) is 1.29. The van der Waals surface area contributed by atoms with E-state index in [0.717, 1.165) is 13.0 Å². The van der Waals surface area contributed by atoms with E-state index < -0.39 is 5.60 Å². The molecule has 4 heteroatoms. The van der Waals surface area contributed by atoms with Gasteiger partial charge >= 0.3 is 0 Å². The molecule has 15 heavy (non-hydrogen) atoms. The molecule has 0 bridgehead atoms. The first kappa shape index (κ1) is 11.0. The second-order valence-corrected chi connectivity index (χ2v) is 4.76. The van der Waals surface area contributed by atoms with Crippen molar-refractivity contribution in [3.8, 4) is 0 Å². The quantitative estimate of drug-likeness (QED) is 0.822. The Kier molecular flexibility index (Phi) is 3.09. The molecule has 2 N–H and O–H groups in total. The van der Waals surface area contributed by atoms with Crippen molar-refractivity contribution < 1.29 is 9.50 Å². The molecule has 0 amide bonds. The van der Waals surface area contributed by atoms with Crippen LogP contribution >= 0.6 is 15.9 Å². The molecule has 2 rings (SSSR count). The highest BCUT2D eigenvalue weighted by atomic mass is 79.9. The number of aliphatic hydroxyl groups is 1. The Morgan fingerprint density at radius 2 is 2.27 bits per heavy atom. The van der Waals surface area contributed by atoms with E-state index in [1.54, 1.807) is 12.1 Å². The van der Waals surface area contributed by atoms with Crippen molar-refractivity contribution >= 4 is 15.9 Å². The number of hydrogen-bond donors (Lipinski definition) is 2. The van der Waals surface area contributed by atoms with Crippen molar-refractivity contribution in [2.24, 2.45) is 0 Å². The lowest BCUT2D eigenvalue weighted by atomic mass is 9.86. The Bertz CT molecular complexity index is 343. The predicted molar refractivity (Wildman–Crippen MR) is 60.1 cm³/mol. The highest BCUT2D eigenvalue weighted by Gasteiger charge is 2.35. The van der Waals surface area contributed by atoms with Gasteiger partial charge < -0.3 is 10.4 Å². The molecule has 2 nitrogen and oxygen atoms in total. The molecule has 0 aliphatic carbocycles. The van der Waals surface area contributed by atoms with Gasteiger partial charge in [-0.25, -0.2) is 4.39 Å². The van der Waals surface area contributed by atoms with Gasteiger partial charge in [0.2, 0.25) is 0 Å². The number of rotatable bonds is 1. The van der Waals surface area contributed by atoms with E-state index in [0.29, 0.717) is 23.0 Å². The molecule has 1 aromatic rings. The van der Waals surface area contributed by atoms with Gasteiger partial charge in [0.05, 0.1) is 0 Å². The third kappa shape index (κ3) is 2.07. The average molecular weight is 274 g/mol. The molecule has 0 saturated carbocycles. The lowest BCUT2D eigenvalue weighted by molar-refractivity contribution is 0.00839. The molecule has 1 unspecified atom stereocenters. The fourth-order valence-corrected chi connectivity index (χ4v) is 2.76. The molecule has 1 atom stereocenters. The topological polar surface area (TPSA) is 32.3 Å². The zero-order valence-electron chi connectivity index (χ0n) is 8.26. The fourth-order valence-electron chi connectivity index (χ4n) is 2.05. The summed E-state index contributed by atoms with van der Waals surface area (Å²) in [5.74, 6) is -0.351. The van der Waals surface area contributed by atoms with E-state index in [1.165, 1.54) is 6.07 Å². The Balaban J connectivity index is 2.42. The van der Waals surface area contributed by atoms with Crippen LogP contribution in [0.5, 0.6) is 0 Å². The predicted octanol–water partition coefficient (Wildman–Crippen LogP) is 2.16. The van der Waals surface area contributed by atoms with E-state index in [-0.39, 0.29) is 5.82 Å². The molecular weight excluding hydrogens is 261 g/mol. The first-order chi connectivity index (χ1) is 7.13. The summed E-state index contributed by atoms with van der Waals surface area (Å²) in [4.78, 5) is 0. The van der Waals surface area contributed by atoms with Crippen molar-refractivity contribution in [2.75, 3.05) is 13.1 Å². The van der Waals surface area contributed by atoms with Gasteiger partial charge in [-0.05, 0) is 31.5 Å². The average Bonchev–Trinajstić information content (AvgIpc) is 2.18. The summed E-state index contributed by atoms with van der Waals surface area (Å²) >= 11 is 3.29. The van der Waals surface area contributed by atoms with Crippen molar-refractivity contribution in [3.63, 3.8) is 0 Å². The molecule has 1 aliphatic rings. The van der Waals surface area contributed by atoms with Crippen molar-refractivity contribution in [1.82, 2.24) is 5.32 Å².